The lowest BCUT2D eigenvalue weighted by Crippen LogP contribution is -2.09. The zero-order valence-electron chi connectivity index (χ0n) is 10.8. The van der Waals surface area contributed by atoms with Gasteiger partial charge in [0.05, 0.1) is 12.6 Å². The lowest BCUT2D eigenvalue weighted by Gasteiger charge is -2.13. The number of pyridine rings is 1. The molecule has 0 amide bonds. The third kappa shape index (κ3) is 3.43. The molecule has 2 rings (SSSR count). The number of hydrogen-bond donors (Lipinski definition) is 1. The van der Waals surface area contributed by atoms with E-state index in [2.05, 4.69) is 15.3 Å². The van der Waals surface area contributed by atoms with Crippen molar-refractivity contribution in [2.75, 3.05) is 5.32 Å². The fraction of sp³-hybridized carbons (Fsp3) is 0.385. The summed E-state index contributed by atoms with van der Waals surface area (Å²) in [4.78, 5) is 8.70. The summed E-state index contributed by atoms with van der Waals surface area (Å²) in [6, 6.07) is 3.79. The van der Waals surface area contributed by atoms with E-state index in [1.165, 1.54) is 0 Å². The molecule has 4 nitrogen and oxygen atoms in total. The number of ether oxygens (including phenoxy) is 1. The molecule has 18 heavy (non-hydrogen) atoms. The molecule has 2 heterocycles. The molecule has 5 heteroatoms. The van der Waals surface area contributed by atoms with Crippen LogP contribution in [0.2, 0.25) is 0 Å². The summed E-state index contributed by atoms with van der Waals surface area (Å²) >= 11 is 1.65. The highest BCUT2D eigenvalue weighted by Crippen LogP contribution is 2.23. The topological polar surface area (TPSA) is 47.0 Å². The molecule has 96 valence electrons. The van der Waals surface area contributed by atoms with Crippen molar-refractivity contribution >= 4 is 17.2 Å². The molecule has 2 aromatic heterocycles. The maximum atomic E-state index is 5.70. The second kappa shape index (κ2) is 5.82. The number of aryl methyl sites for hydroxylation is 1. The van der Waals surface area contributed by atoms with Crippen LogP contribution in [0.25, 0.3) is 0 Å². The van der Waals surface area contributed by atoms with Crippen LogP contribution in [-0.4, -0.2) is 16.1 Å². The Balaban J connectivity index is 2.04. The predicted molar refractivity (Wildman–Crippen MR) is 74.2 cm³/mol. The first-order valence-electron chi connectivity index (χ1n) is 5.91. The molecule has 0 aliphatic rings. The average Bonchev–Trinajstić information content (AvgIpc) is 2.73. The van der Waals surface area contributed by atoms with E-state index in [9.17, 15) is 0 Å². The zero-order chi connectivity index (χ0) is 13.0. The van der Waals surface area contributed by atoms with Crippen molar-refractivity contribution in [2.24, 2.45) is 0 Å². The van der Waals surface area contributed by atoms with Gasteiger partial charge in [0.1, 0.15) is 5.01 Å². The van der Waals surface area contributed by atoms with Crippen LogP contribution in [0, 0.1) is 6.92 Å². The van der Waals surface area contributed by atoms with Crippen molar-refractivity contribution in [3.63, 3.8) is 0 Å². The highest BCUT2D eigenvalue weighted by molar-refractivity contribution is 7.09. The molecule has 0 aromatic carbocycles. The van der Waals surface area contributed by atoms with Gasteiger partial charge >= 0.3 is 0 Å². The van der Waals surface area contributed by atoms with Gasteiger partial charge in [0.25, 0.3) is 0 Å². The van der Waals surface area contributed by atoms with Crippen molar-refractivity contribution < 1.29 is 4.74 Å². The van der Waals surface area contributed by atoms with Crippen LogP contribution in [0.5, 0.6) is 5.75 Å². The highest BCUT2D eigenvalue weighted by atomic mass is 32.1. The Morgan fingerprint density at radius 1 is 1.44 bits per heavy atom. The predicted octanol–water partition coefficient (Wildman–Crippen LogP) is 3.25. The molecule has 0 saturated carbocycles. The van der Waals surface area contributed by atoms with Crippen LogP contribution in [-0.2, 0) is 6.54 Å². The largest absolute Gasteiger partial charge is 0.487 e. The Morgan fingerprint density at radius 3 is 2.94 bits per heavy atom. The zero-order valence-corrected chi connectivity index (χ0v) is 11.6. The molecule has 0 saturated heterocycles. The third-order valence-electron chi connectivity index (χ3n) is 2.21. The summed E-state index contributed by atoms with van der Waals surface area (Å²) in [6.45, 7) is 6.67. The Bertz CT molecular complexity index is 510. The second-order valence-electron chi connectivity index (χ2n) is 4.25. The van der Waals surface area contributed by atoms with Gasteiger partial charge in [0.15, 0.2) is 11.6 Å². The molecule has 0 atom stereocenters. The van der Waals surface area contributed by atoms with Crippen LogP contribution in [0.4, 0.5) is 5.82 Å². The van der Waals surface area contributed by atoms with Crippen molar-refractivity contribution in [3.8, 4) is 5.75 Å². The molecule has 0 bridgehead atoms. The molecular weight excluding hydrogens is 246 g/mol. The maximum Gasteiger partial charge on any atom is 0.169 e. The maximum absolute atomic E-state index is 5.70. The number of nitrogens with zero attached hydrogens (tertiary/aromatic N) is 2. The van der Waals surface area contributed by atoms with E-state index in [0.717, 1.165) is 22.3 Å². The molecule has 0 spiro atoms. The molecule has 0 fully saturated rings. The van der Waals surface area contributed by atoms with Gasteiger partial charge in [0.2, 0.25) is 0 Å². The summed E-state index contributed by atoms with van der Waals surface area (Å²) in [5.74, 6) is 1.54. The quantitative estimate of drug-likeness (QED) is 0.899. The number of hydrogen-bond acceptors (Lipinski definition) is 5. The third-order valence-corrected chi connectivity index (χ3v) is 3.17. The molecule has 0 aliphatic carbocycles. The molecule has 1 N–H and O–H groups in total. The van der Waals surface area contributed by atoms with E-state index < -0.39 is 0 Å². The number of anilines is 1. The van der Waals surface area contributed by atoms with Gasteiger partial charge in [-0.05, 0) is 32.9 Å². The van der Waals surface area contributed by atoms with Crippen LogP contribution >= 0.6 is 11.3 Å². The van der Waals surface area contributed by atoms with Crippen molar-refractivity contribution in [1.29, 1.82) is 0 Å². The van der Waals surface area contributed by atoms with Crippen LogP contribution < -0.4 is 10.1 Å². The van der Waals surface area contributed by atoms with Gasteiger partial charge in [-0.1, -0.05) is 0 Å². The van der Waals surface area contributed by atoms with Crippen molar-refractivity contribution in [2.45, 2.75) is 33.4 Å². The SMILES string of the molecule is Cc1csc(CNc2ncccc2OC(C)C)n1. The number of rotatable bonds is 5. The summed E-state index contributed by atoms with van der Waals surface area (Å²) in [5, 5.41) is 6.35. The first-order valence-corrected chi connectivity index (χ1v) is 6.79. The monoisotopic (exact) mass is 263 g/mol. The Kier molecular flexibility index (Phi) is 4.15. The summed E-state index contributed by atoms with van der Waals surface area (Å²) in [6.07, 6.45) is 1.89. The lowest BCUT2D eigenvalue weighted by molar-refractivity contribution is 0.243. The van der Waals surface area contributed by atoms with Crippen LogP contribution in [0.1, 0.15) is 24.5 Å². The van der Waals surface area contributed by atoms with E-state index in [1.54, 1.807) is 17.5 Å². The van der Waals surface area contributed by atoms with Gasteiger partial charge in [-0.25, -0.2) is 9.97 Å². The van der Waals surface area contributed by atoms with Crippen LogP contribution in [0.3, 0.4) is 0 Å². The van der Waals surface area contributed by atoms with E-state index in [4.69, 9.17) is 4.74 Å². The first kappa shape index (κ1) is 12.8. The minimum atomic E-state index is 0.136. The summed E-state index contributed by atoms with van der Waals surface area (Å²) < 4.78 is 5.70. The molecule has 0 radical (unpaired) electrons. The molecule has 2 aromatic rings. The molecule has 0 unspecified atom stereocenters. The highest BCUT2D eigenvalue weighted by Gasteiger charge is 2.07. The lowest BCUT2D eigenvalue weighted by atomic mass is 10.4. The second-order valence-corrected chi connectivity index (χ2v) is 5.20. The minimum absolute atomic E-state index is 0.136. The average molecular weight is 263 g/mol. The first-order chi connectivity index (χ1) is 8.65. The summed E-state index contributed by atoms with van der Waals surface area (Å²) in [7, 11) is 0. The Hall–Kier alpha value is -1.62. The Labute approximate surface area is 111 Å². The fourth-order valence-electron chi connectivity index (χ4n) is 1.52. The van der Waals surface area contributed by atoms with E-state index in [0.29, 0.717) is 6.54 Å². The van der Waals surface area contributed by atoms with E-state index >= 15 is 0 Å². The minimum Gasteiger partial charge on any atom is -0.487 e. The van der Waals surface area contributed by atoms with E-state index in [-0.39, 0.29) is 6.10 Å². The standard InChI is InChI=1S/C13H17N3OS/c1-9(2)17-11-5-4-6-14-13(11)15-7-12-16-10(3)8-18-12/h4-6,8-9H,7H2,1-3H3,(H,14,15). The molecule has 0 aliphatic heterocycles. The van der Waals surface area contributed by atoms with Gasteiger partial charge < -0.3 is 10.1 Å². The van der Waals surface area contributed by atoms with Gasteiger partial charge in [0, 0.05) is 17.3 Å². The molecular formula is C13H17N3OS. The number of nitrogens with one attached hydrogen (secondary N) is 1. The Morgan fingerprint density at radius 2 is 2.28 bits per heavy atom. The normalized spacial score (nSPS) is 10.7. The van der Waals surface area contributed by atoms with Crippen molar-refractivity contribution in [3.05, 3.63) is 34.4 Å². The van der Waals surface area contributed by atoms with Crippen LogP contribution in [0.15, 0.2) is 23.7 Å². The van der Waals surface area contributed by atoms with E-state index in [1.807, 2.05) is 38.3 Å². The van der Waals surface area contributed by atoms with Gasteiger partial charge in [-0.2, -0.15) is 0 Å². The fourth-order valence-corrected chi connectivity index (χ4v) is 2.23. The van der Waals surface area contributed by atoms with Gasteiger partial charge in [-0.15, -0.1) is 11.3 Å². The summed E-state index contributed by atoms with van der Waals surface area (Å²) in [5.41, 5.74) is 1.05. The smallest absolute Gasteiger partial charge is 0.169 e. The van der Waals surface area contributed by atoms with Gasteiger partial charge in [-0.3, -0.25) is 0 Å². The number of aromatic nitrogens is 2. The number of thiazole rings is 1. The van der Waals surface area contributed by atoms with Crippen molar-refractivity contribution in [1.82, 2.24) is 9.97 Å².